The molecule has 8 rings (SSSR count). The maximum absolute atomic E-state index is 6.67. The quantitative estimate of drug-likeness (QED) is 0.141. The van der Waals surface area contributed by atoms with Gasteiger partial charge in [-0.25, -0.2) is 0 Å². The Morgan fingerprint density at radius 2 is 0.844 bits per heavy atom. The van der Waals surface area contributed by atoms with Crippen LogP contribution in [0.4, 0.5) is 0 Å². The molecule has 0 aromatic heterocycles. The fraction of sp³-hybridized carbons (Fsp3) is 0. The van der Waals surface area contributed by atoms with E-state index in [-0.39, 0.29) is 0 Å². The molecule has 0 saturated heterocycles. The number of hydrogen-bond acceptors (Lipinski definition) is 2. The molecule has 0 unspecified atom stereocenters. The number of hydrogen-bond donors (Lipinski definition) is 0. The van der Waals surface area contributed by atoms with Crippen molar-refractivity contribution in [3.8, 4) is 11.1 Å². The smallest absolute Gasteiger partial charge is 0.143 e. The zero-order valence-corrected chi connectivity index (χ0v) is 19.7. The van der Waals surface area contributed by atoms with E-state index in [9.17, 15) is 0 Å². The van der Waals surface area contributed by atoms with Crippen LogP contribution in [-0.4, -0.2) is 0 Å². The van der Waals surface area contributed by atoms with Crippen molar-refractivity contribution in [2.75, 3.05) is 0 Å². The Morgan fingerprint density at radius 1 is 0.438 bits per heavy atom. The normalized spacial score (nSPS) is 12.7. The van der Waals surface area contributed by atoms with Crippen LogP contribution in [0.5, 0.6) is 0 Å². The van der Waals surface area contributed by atoms with Crippen LogP contribution in [0.15, 0.2) is 90.6 Å². The molecule has 0 bridgehead atoms. The summed E-state index contributed by atoms with van der Waals surface area (Å²) in [5, 5.41) is 8.94. The summed E-state index contributed by atoms with van der Waals surface area (Å²) in [6, 6.07) is 25.2. The van der Waals surface area contributed by atoms with E-state index in [1.807, 2.05) is 0 Å². The van der Waals surface area contributed by atoms with E-state index in [1.165, 1.54) is 0 Å². The van der Waals surface area contributed by atoms with Crippen molar-refractivity contribution < 1.29 is 8.83 Å². The number of fused-ring (bicyclic) bond motifs is 4. The molecule has 6 aromatic carbocycles. The van der Waals surface area contributed by atoms with Gasteiger partial charge in [0, 0.05) is 63.2 Å². The summed E-state index contributed by atoms with van der Waals surface area (Å²) in [6.07, 6.45) is 0. The molecule has 0 atom stereocenters. The largest absolute Gasteiger partial charge is 0.455 e. The number of rotatable bonds is 0. The highest BCUT2D eigenvalue weighted by Gasteiger charge is 2.28. The second-order valence-electron chi connectivity index (χ2n) is 8.30. The number of benzene rings is 6. The molecule has 4 heteroatoms. The Balaban J connectivity index is 1.77. The van der Waals surface area contributed by atoms with Crippen molar-refractivity contribution in [3.05, 3.63) is 81.7 Å². The fourth-order valence-corrected chi connectivity index (χ4v) is 6.76. The second kappa shape index (κ2) is 5.83. The topological polar surface area (TPSA) is 26.3 Å². The first-order valence-corrected chi connectivity index (χ1v) is 12.0. The lowest BCUT2D eigenvalue weighted by molar-refractivity contribution is 0.650. The maximum atomic E-state index is 6.67. The van der Waals surface area contributed by atoms with Gasteiger partial charge in [0.25, 0.3) is 0 Å². The Bertz CT molecular complexity index is 1860. The van der Waals surface area contributed by atoms with Gasteiger partial charge in [0.1, 0.15) is 22.3 Å². The highest BCUT2D eigenvalue weighted by atomic mass is 79.9. The van der Waals surface area contributed by atoms with Gasteiger partial charge in [-0.05, 0) is 56.1 Å². The van der Waals surface area contributed by atoms with Crippen molar-refractivity contribution in [2.24, 2.45) is 0 Å². The summed E-state index contributed by atoms with van der Waals surface area (Å²) in [7, 11) is 0. The molecule has 0 amide bonds. The average molecular weight is 540 g/mol. The minimum Gasteiger partial charge on any atom is -0.455 e. The van der Waals surface area contributed by atoms with Crippen molar-refractivity contribution in [3.63, 3.8) is 0 Å². The lowest BCUT2D eigenvalue weighted by Crippen LogP contribution is -1.96. The van der Waals surface area contributed by atoms with Gasteiger partial charge < -0.3 is 8.83 Å². The van der Waals surface area contributed by atoms with Gasteiger partial charge >= 0.3 is 0 Å². The van der Waals surface area contributed by atoms with E-state index in [4.69, 9.17) is 8.83 Å². The maximum Gasteiger partial charge on any atom is 0.143 e. The molecule has 2 heterocycles. The summed E-state index contributed by atoms with van der Waals surface area (Å²) >= 11 is 7.75. The van der Waals surface area contributed by atoms with Gasteiger partial charge in [-0.3, -0.25) is 0 Å². The summed E-state index contributed by atoms with van der Waals surface area (Å²) < 4.78 is 15.5. The molecule has 2 nitrogen and oxygen atoms in total. The highest BCUT2D eigenvalue weighted by Crippen LogP contribution is 2.53. The first kappa shape index (κ1) is 17.5. The molecule has 150 valence electrons. The van der Waals surface area contributed by atoms with Crippen LogP contribution in [0.2, 0.25) is 0 Å². The van der Waals surface area contributed by atoms with Crippen molar-refractivity contribution >= 4 is 97.3 Å². The molecule has 0 N–H and O–H groups in total. The van der Waals surface area contributed by atoms with Crippen molar-refractivity contribution in [1.82, 2.24) is 0 Å². The minimum absolute atomic E-state index is 0.873. The Hall–Kier alpha value is -3.08. The van der Waals surface area contributed by atoms with Crippen molar-refractivity contribution in [1.29, 1.82) is 0 Å². The van der Waals surface area contributed by atoms with Crippen LogP contribution in [0, 0.1) is 0 Å². The molecule has 0 spiro atoms. The van der Waals surface area contributed by atoms with Gasteiger partial charge in [-0.1, -0.05) is 48.5 Å². The van der Waals surface area contributed by atoms with Gasteiger partial charge in [0.2, 0.25) is 0 Å². The second-order valence-corrected chi connectivity index (χ2v) is 9.89. The molecule has 2 aliphatic heterocycles. The van der Waals surface area contributed by atoms with Crippen LogP contribution in [-0.2, 0) is 0 Å². The Morgan fingerprint density at radius 3 is 1.28 bits per heavy atom. The van der Waals surface area contributed by atoms with Crippen LogP contribution >= 0.6 is 31.9 Å². The average Bonchev–Trinajstić information content (AvgIpc) is 2.85. The SMILES string of the molecule is Brc1c2ccccc2c2oc3ccc4c(Br)c5ccccc5c5oc6ccc1c2c6-c3c45. The molecule has 2 aliphatic rings. The van der Waals surface area contributed by atoms with E-state index in [0.29, 0.717) is 0 Å². The molecule has 32 heavy (non-hydrogen) atoms. The Labute approximate surface area is 198 Å². The van der Waals surface area contributed by atoms with Gasteiger partial charge in [0.05, 0.1) is 0 Å². The van der Waals surface area contributed by atoms with E-state index < -0.39 is 0 Å². The predicted molar refractivity (Wildman–Crippen MR) is 139 cm³/mol. The Kier molecular flexibility index (Phi) is 3.18. The third kappa shape index (κ3) is 1.93. The first-order chi connectivity index (χ1) is 15.7. The summed E-state index contributed by atoms with van der Waals surface area (Å²) in [5.74, 6) is 0. The molecule has 6 aromatic rings. The molecule has 0 saturated carbocycles. The van der Waals surface area contributed by atoms with E-state index in [2.05, 4.69) is 105 Å². The van der Waals surface area contributed by atoms with Crippen LogP contribution in [0.3, 0.4) is 0 Å². The standard InChI is InChI=1S/C28H12Br2O2/c29-25-13-5-1-3-7-15(13)27-21-17(25)9-11-20-23(21)24-19(31-27)12-10-18-22(24)28(32-20)16-8-4-2-6-14(16)26(18)30/h1-12H. The van der Waals surface area contributed by atoms with Gasteiger partial charge in [-0.15, -0.1) is 0 Å². The molecular weight excluding hydrogens is 528 g/mol. The van der Waals surface area contributed by atoms with Crippen LogP contribution < -0.4 is 0 Å². The third-order valence-electron chi connectivity index (χ3n) is 6.75. The minimum atomic E-state index is 0.873. The van der Waals surface area contributed by atoms with Crippen LogP contribution in [0.1, 0.15) is 0 Å². The van der Waals surface area contributed by atoms with Gasteiger partial charge in [0.15, 0.2) is 0 Å². The first-order valence-electron chi connectivity index (χ1n) is 10.4. The predicted octanol–water partition coefficient (Wildman–Crippen LogP) is 9.86. The molecular formula is C28H12Br2O2. The van der Waals surface area contributed by atoms with E-state index >= 15 is 0 Å². The highest BCUT2D eigenvalue weighted by molar-refractivity contribution is 9.11. The summed E-state index contributed by atoms with van der Waals surface area (Å²) in [5.41, 5.74) is 5.77. The zero-order chi connectivity index (χ0) is 21.1. The van der Waals surface area contributed by atoms with E-state index in [1.54, 1.807) is 0 Å². The fourth-order valence-electron chi connectivity index (χ4n) is 5.41. The van der Waals surface area contributed by atoms with Crippen molar-refractivity contribution in [2.45, 2.75) is 0 Å². The lowest BCUT2D eigenvalue weighted by atomic mass is 9.88. The molecule has 0 fully saturated rings. The molecule has 0 radical (unpaired) electrons. The monoisotopic (exact) mass is 538 g/mol. The van der Waals surface area contributed by atoms with Gasteiger partial charge in [-0.2, -0.15) is 0 Å². The summed E-state index contributed by atoms with van der Waals surface area (Å²) in [4.78, 5) is 0. The molecule has 0 aliphatic carbocycles. The van der Waals surface area contributed by atoms with E-state index in [0.717, 1.165) is 85.5 Å². The zero-order valence-electron chi connectivity index (χ0n) is 16.5. The van der Waals surface area contributed by atoms with Crippen LogP contribution in [0.25, 0.3) is 76.5 Å². The third-order valence-corrected chi connectivity index (χ3v) is 8.46. The lowest BCUT2D eigenvalue weighted by Gasteiger charge is -2.22. The summed E-state index contributed by atoms with van der Waals surface area (Å²) in [6.45, 7) is 0. The number of halogens is 2.